The summed E-state index contributed by atoms with van der Waals surface area (Å²) in [7, 11) is 3.02. The molecule has 2 heterocycles. The van der Waals surface area contributed by atoms with Crippen LogP contribution in [0.3, 0.4) is 0 Å². The Kier molecular flexibility index (Phi) is 3.28. The Bertz CT molecular complexity index is 1070. The van der Waals surface area contributed by atoms with Gasteiger partial charge < -0.3 is 9.09 Å². The van der Waals surface area contributed by atoms with Crippen LogP contribution in [0.15, 0.2) is 44.6 Å². The summed E-state index contributed by atoms with van der Waals surface area (Å²) in [5, 5.41) is 4.00. The first-order valence-electron chi connectivity index (χ1n) is 8.07. The second kappa shape index (κ2) is 5.27. The minimum absolute atomic E-state index is 0.211. The topological polar surface area (TPSA) is 82.9 Å². The van der Waals surface area contributed by atoms with E-state index < -0.39 is 11.2 Å². The summed E-state index contributed by atoms with van der Waals surface area (Å²) in [5.74, 6) is 0.720. The second-order valence-corrected chi connectivity index (χ2v) is 6.91. The summed E-state index contributed by atoms with van der Waals surface area (Å²) in [4.78, 5) is 28.7. The normalized spacial score (nSPS) is 15.3. The summed E-state index contributed by atoms with van der Waals surface area (Å²) >= 11 is 0. The van der Waals surface area contributed by atoms with E-state index in [1.807, 2.05) is 12.1 Å². The predicted octanol–water partition coefficient (Wildman–Crippen LogP) is 1.19. The van der Waals surface area contributed by atoms with Gasteiger partial charge in [-0.15, -0.1) is 0 Å². The van der Waals surface area contributed by atoms with Gasteiger partial charge in [0.15, 0.2) is 0 Å². The predicted molar refractivity (Wildman–Crippen MR) is 91.4 cm³/mol. The monoisotopic (exact) mass is 338 g/mol. The molecule has 25 heavy (non-hydrogen) atoms. The van der Waals surface area contributed by atoms with Gasteiger partial charge in [0.1, 0.15) is 5.56 Å². The van der Waals surface area contributed by atoms with E-state index in [1.165, 1.54) is 28.9 Å². The lowest BCUT2D eigenvalue weighted by Crippen LogP contribution is -2.37. The molecule has 0 amide bonds. The molecule has 0 bridgehead atoms. The molecule has 0 radical (unpaired) electrons. The molecular formula is C18H18N4O3. The lowest BCUT2D eigenvalue weighted by atomic mass is 9.87. The van der Waals surface area contributed by atoms with Gasteiger partial charge in [-0.3, -0.25) is 9.36 Å². The number of aromatic nitrogens is 4. The smallest absolute Gasteiger partial charge is 0.330 e. The zero-order valence-corrected chi connectivity index (χ0v) is 14.3. The van der Waals surface area contributed by atoms with Gasteiger partial charge in [0, 0.05) is 20.3 Å². The standard InChI is InChI=1S/C18H18N4O3/c1-18(8-11-6-4-5-7-12(11)9-18)16-19-14(20-25-16)13-10-21(2)17(24)22(3)15(13)23/h4-7,10H,8-9H2,1-3H3. The van der Waals surface area contributed by atoms with E-state index in [4.69, 9.17) is 4.52 Å². The number of hydrogen-bond donors (Lipinski definition) is 0. The van der Waals surface area contributed by atoms with E-state index in [-0.39, 0.29) is 16.8 Å². The Morgan fingerprint density at radius 1 is 1.12 bits per heavy atom. The zero-order chi connectivity index (χ0) is 17.8. The number of rotatable bonds is 2. The third-order valence-corrected chi connectivity index (χ3v) is 4.91. The zero-order valence-electron chi connectivity index (χ0n) is 14.3. The minimum Gasteiger partial charge on any atom is -0.338 e. The van der Waals surface area contributed by atoms with Gasteiger partial charge >= 0.3 is 5.69 Å². The molecule has 0 fully saturated rings. The quantitative estimate of drug-likeness (QED) is 0.701. The lowest BCUT2D eigenvalue weighted by Gasteiger charge is -2.17. The fourth-order valence-electron chi connectivity index (χ4n) is 3.50. The molecule has 0 atom stereocenters. The first-order valence-corrected chi connectivity index (χ1v) is 8.07. The van der Waals surface area contributed by atoms with Gasteiger partial charge in [0.25, 0.3) is 5.56 Å². The van der Waals surface area contributed by atoms with E-state index in [0.29, 0.717) is 5.89 Å². The molecule has 128 valence electrons. The summed E-state index contributed by atoms with van der Waals surface area (Å²) < 4.78 is 7.88. The third-order valence-electron chi connectivity index (χ3n) is 4.91. The van der Waals surface area contributed by atoms with Crippen LogP contribution in [-0.2, 0) is 32.4 Å². The van der Waals surface area contributed by atoms with Crippen LogP contribution >= 0.6 is 0 Å². The van der Waals surface area contributed by atoms with Crippen molar-refractivity contribution >= 4 is 0 Å². The van der Waals surface area contributed by atoms with Gasteiger partial charge in [-0.1, -0.05) is 36.3 Å². The maximum atomic E-state index is 12.4. The first-order chi connectivity index (χ1) is 11.9. The van der Waals surface area contributed by atoms with Crippen molar-refractivity contribution in [2.45, 2.75) is 25.2 Å². The van der Waals surface area contributed by atoms with Crippen LogP contribution in [0, 0.1) is 0 Å². The number of fused-ring (bicyclic) bond motifs is 1. The number of nitrogens with zero attached hydrogens (tertiary/aromatic N) is 4. The molecule has 0 saturated carbocycles. The van der Waals surface area contributed by atoms with E-state index in [1.54, 1.807) is 7.05 Å². The maximum absolute atomic E-state index is 12.4. The van der Waals surface area contributed by atoms with Gasteiger partial charge in [0.05, 0.1) is 5.41 Å². The Balaban J connectivity index is 1.76. The second-order valence-electron chi connectivity index (χ2n) is 6.91. The molecule has 0 unspecified atom stereocenters. The highest BCUT2D eigenvalue weighted by atomic mass is 16.5. The van der Waals surface area contributed by atoms with Crippen LogP contribution in [0.2, 0.25) is 0 Å². The summed E-state index contributed by atoms with van der Waals surface area (Å²) in [6.45, 7) is 2.09. The van der Waals surface area contributed by atoms with Crippen molar-refractivity contribution in [1.29, 1.82) is 0 Å². The summed E-state index contributed by atoms with van der Waals surface area (Å²) in [5.41, 5.74) is 1.69. The Morgan fingerprint density at radius 3 is 2.40 bits per heavy atom. The van der Waals surface area contributed by atoms with Crippen LogP contribution in [0.5, 0.6) is 0 Å². The molecule has 2 aromatic heterocycles. The molecule has 7 nitrogen and oxygen atoms in total. The fourth-order valence-corrected chi connectivity index (χ4v) is 3.50. The van der Waals surface area contributed by atoms with Crippen LogP contribution in [0.1, 0.15) is 23.9 Å². The van der Waals surface area contributed by atoms with Crippen molar-refractivity contribution in [1.82, 2.24) is 19.3 Å². The van der Waals surface area contributed by atoms with Gasteiger partial charge in [-0.25, -0.2) is 4.79 Å². The van der Waals surface area contributed by atoms with Crippen LogP contribution in [-0.4, -0.2) is 19.3 Å². The van der Waals surface area contributed by atoms with Gasteiger partial charge in [-0.05, 0) is 24.0 Å². The molecule has 1 aliphatic carbocycles. The number of hydrogen-bond acceptors (Lipinski definition) is 5. The molecule has 4 rings (SSSR count). The Hall–Kier alpha value is -2.96. The highest BCUT2D eigenvalue weighted by Gasteiger charge is 2.39. The van der Waals surface area contributed by atoms with E-state index in [0.717, 1.165) is 17.4 Å². The number of aryl methyl sites for hydroxylation is 1. The summed E-state index contributed by atoms with van der Waals surface area (Å²) in [6.07, 6.45) is 3.08. The van der Waals surface area contributed by atoms with E-state index in [9.17, 15) is 9.59 Å². The highest BCUT2D eigenvalue weighted by Crippen LogP contribution is 2.38. The lowest BCUT2D eigenvalue weighted by molar-refractivity contribution is 0.299. The molecule has 0 spiro atoms. The van der Waals surface area contributed by atoms with Gasteiger partial charge in [0.2, 0.25) is 11.7 Å². The third kappa shape index (κ3) is 2.34. The van der Waals surface area contributed by atoms with Crippen molar-refractivity contribution < 1.29 is 4.52 Å². The van der Waals surface area contributed by atoms with Gasteiger partial charge in [-0.2, -0.15) is 4.98 Å². The molecule has 7 heteroatoms. The average molecular weight is 338 g/mol. The van der Waals surface area contributed by atoms with Crippen molar-refractivity contribution in [3.8, 4) is 11.4 Å². The average Bonchev–Trinajstić information content (AvgIpc) is 3.20. The van der Waals surface area contributed by atoms with Crippen LogP contribution < -0.4 is 11.2 Å². The molecule has 0 saturated heterocycles. The van der Waals surface area contributed by atoms with Crippen molar-refractivity contribution in [2.75, 3.05) is 0 Å². The molecule has 0 N–H and O–H groups in total. The minimum atomic E-state index is -0.435. The summed E-state index contributed by atoms with van der Waals surface area (Å²) in [6, 6.07) is 8.27. The molecule has 3 aromatic rings. The molecule has 1 aromatic carbocycles. The van der Waals surface area contributed by atoms with Crippen molar-refractivity contribution in [3.05, 3.63) is 68.3 Å². The SMILES string of the molecule is Cn1cc(-c2noc(C3(C)Cc4ccccc4C3)n2)c(=O)n(C)c1=O. The number of benzene rings is 1. The molecule has 0 aliphatic heterocycles. The van der Waals surface area contributed by atoms with E-state index >= 15 is 0 Å². The molecular weight excluding hydrogens is 320 g/mol. The highest BCUT2D eigenvalue weighted by molar-refractivity contribution is 5.51. The van der Waals surface area contributed by atoms with E-state index in [2.05, 4.69) is 29.2 Å². The van der Waals surface area contributed by atoms with Crippen molar-refractivity contribution in [3.63, 3.8) is 0 Å². The van der Waals surface area contributed by atoms with Crippen LogP contribution in [0.4, 0.5) is 0 Å². The van der Waals surface area contributed by atoms with Crippen molar-refractivity contribution in [2.24, 2.45) is 14.1 Å². The van der Waals surface area contributed by atoms with Crippen LogP contribution in [0.25, 0.3) is 11.4 Å². The largest absolute Gasteiger partial charge is 0.338 e. The Morgan fingerprint density at radius 2 is 1.76 bits per heavy atom. The maximum Gasteiger partial charge on any atom is 0.330 e. The first kappa shape index (κ1) is 15.6. The molecule has 1 aliphatic rings. The fraction of sp³-hybridized carbons (Fsp3) is 0.333. The Labute approximate surface area is 143 Å².